The first kappa shape index (κ1) is 13.7. The monoisotopic (exact) mass is 295 g/mol. The van der Waals surface area contributed by atoms with Crippen LogP contribution in [0.5, 0.6) is 0 Å². The van der Waals surface area contributed by atoms with E-state index in [4.69, 9.17) is 10.9 Å². The number of aryl methyl sites for hydroxylation is 1. The molecular weight excluding hydrogens is 286 g/mol. The zero-order valence-electron chi connectivity index (χ0n) is 10.2. The maximum absolute atomic E-state index is 10.7. The van der Waals surface area contributed by atoms with Gasteiger partial charge in [-0.2, -0.15) is 5.10 Å². The largest absolute Gasteiger partial charge is 0.409 e. The molecular formula is C9H9N7O3S. The first-order valence-electron chi connectivity index (χ1n) is 5.17. The number of pyridine rings is 1. The van der Waals surface area contributed by atoms with E-state index in [0.29, 0.717) is 10.2 Å². The molecule has 0 aliphatic heterocycles. The second-order valence-corrected chi connectivity index (χ2v) is 4.51. The molecule has 2 rings (SSSR count). The molecule has 0 unspecified atom stereocenters. The SMILES string of the molecule is Cn1ncnc1Sc1ncc([N+](=O)[O-])cc1C(N)=NO. The van der Waals surface area contributed by atoms with Gasteiger partial charge in [0.05, 0.1) is 10.5 Å². The maximum atomic E-state index is 10.7. The Morgan fingerprint density at radius 1 is 1.60 bits per heavy atom. The summed E-state index contributed by atoms with van der Waals surface area (Å²) < 4.78 is 1.50. The maximum Gasteiger partial charge on any atom is 0.288 e. The quantitative estimate of drug-likeness (QED) is 0.270. The van der Waals surface area contributed by atoms with Gasteiger partial charge < -0.3 is 10.9 Å². The molecule has 0 aliphatic rings. The number of nitrogens with zero attached hydrogens (tertiary/aromatic N) is 6. The summed E-state index contributed by atoms with van der Waals surface area (Å²) in [7, 11) is 1.68. The van der Waals surface area contributed by atoms with Crippen LogP contribution < -0.4 is 5.73 Å². The fourth-order valence-corrected chi connectivity index (χ4v) is 2.16. The van der Waals surface area contributed by atoms with E-state index in [1.165, 1.54) is 17.1 Å². The second-order valence-electron chi connectivity index (χ2n) is 3.56. The Morgan fingerprint density at radius 3 is 2.90 bits per heavy atom. The molecule has 2 aromatic heterocycles. The number of rotatable bonds is 4. The van der Waals surface area contributed by atoms with Crippen LogP contribution in [0.4, 0.5) is 5.69 Å². The van der Waals surface area contributed by atoms with E-state index in [1.807, 2.05) is 0 Å². The van der Waals surface area contributed by atoms with Crippen LogP contribution >= 0.6 is 11.8 Å². The number of aromatic nitrogens is 4. The molecule has 10 nitrogen and oxygen atoms in total. The fourth-order valence-electron chi connectivity index (χ4n) is 1.32. The van der Waals surface area contributed by atoms with Gasteiger partial charge >= 0.3 is 0 Å². The lowest BCUT2D eigenvalue weighted by Gasteiger charge is -2.06. The lowest BCUT2D eigenvalue weighted by atomic mass is 10.2. The number of nitrogens with two attached hydrogens (primary N) is 1. The molecule has 3 N–H and O–H groups in total. The van der Waals surface area contributed by atoms with E-state index in [-0.39, 0.29) is 17.1 Å². The molecule has 104 valence electrons. The van der Waals surface area contributed by atoms with Crippen molar-refractivity contribution in [3.8, 4) is 0 Å². The van der Waals surface area contributed by atoms with Crippen molar-refractivity contribution in [2.24, 2.45) is 17.9 Å². The minimum absolute atomic E-state index is 0.148. The van der Waals surface area contributed by atoms with Gasteiger partial charge in [-0.15, -0.1) is 0 Å². The van der Waals surface area contributed by atoms with E-state index < -0.39 is 4.92 Å². The highest BCUT2D eigenvalue weighted by Gasteiger charge is 2.17. The molecule has 0 atom stereocenters. The molecule has 0 bridgehead atoms. The first-order valence-corrected chi connectivity index (χ1v) is 5.98. The summed E-state index contributed by atoms with van der Waals surface area (Å²) in [6.07, 6.45) is 2.45. The molecule has 11 heteroatoms. The fraction of sp³-hybridized carbons (Fsp3) is 0.111. The molecule has 0 saturated carbocycles. The summed E-state index contributed by atoms with van der Waals surface area (Å²) in [5, 5.41) is 27.1. The van der Waals surface area contributed by atoms with Gasteiger partial charge in [0, 0.05) is 13.1 Å². The number of hydrogen-bond acceptors (Lipinski definition) is 8. The Hall–Kier alpha value is -2.69. The van der Waals surface area contributed by atoms with Crippen molar-refractivity contribution in [1.29, 1.82) is 0 Å². The summed E-state index contributed by atoms with van der Waals surface area (Å²) in [4.78, 5) is 18.1. The zero-order chi connectivity index (χ0) is 14.7. The van der Waals surface area contributed by atoms with Crippen molar-refractivity contribution in [2.45, 2.75) is 10.2 Å². The Kier molecular flexibility index (Phi) is 3.79. The Balaban J connectivity index is 2.47. The van der Waals surface area contributed by atoms with Gasteiger partial charge in [0.2, 0.25) is 0 Å². The zero-order valence-corrected chi connectivity index (χ0v) is 11.0. The van der Waals surface area contributed by atoms with E-state index in [2.05, 4.69) is 20.2 Å². The van der Waals surface area contributed by atoms with Crippen LogP contribution in [0.3, 0.4) is 0 Å². The smallest absolute Gasteiger partial charge is 0.288 e. The summed E-state index contributed by atoms with van der Waals surface area (Å²) in [5.41, 5.74) is 5.40. The van der Waals surface area contributed by atoms with Gasteiger partial charge in [0.15, 0.2) is 11.0 Å². The Bertz CT molecular complexity index is 684. The van der Waals surface area contributed by atoms with Gasteiger partial charge in [-0.3, -0.25) is 10.1 Å². The minimum Gasteiger partial charge on any atom is -0.409 e. The van der Waals surface area contributed by atoms with Crippen LogP contribution in [-0.2, 0) is 7.05 Å². The summed E-state index contributed by atoms with van der Waals surface area (Å²) in [5.74, 6) is -0.272. The second kappa shape index (κ2) is 5.52. The summed E-state index contributed by atoms with van der Waals surface area (Å²) >= 11 is 1.10. The predicted molar refractivity (Wildman–Crippen MR) is 68.5 cm³/mol. The molecule has 2 aromatic rings. The van der Waals surface area contributed by atoms with Crippen molar-refractivity contribution in [3.05, 3.63) is 34.3 Å². The van der Waals surface area contributed by atoms with E-state index in [0.717, 1.165) is 18.0 Å². The molecule has 0 fully saturated rings. The minimum atomic E-state index is -0.613. The van der Waals surface area contributed by atoms with Crippen molar-refractivity contribution >= 4 is 23.3 Å². The Morgan fingerprint density at radius 2 is 2.35 bits per heavy atom. The lowest BCUT2D eigenvalue weighted by Crippen LogP contribution is -2.15. The van der Waals surface area contributed by atoms with Crippen LogP contribution in [0, 0.1) is 10.1 Å². The van der Waals surface area contributed by atoms with Crippen LogP contribution in [-0.4, -0.2) is 35.7 Å². The van der Waals surface area contributed by atoms with Crippen LogP contribution in [0.25, 0.3) is 0 Å². The third-order valence-electron chi connectivity index (χ3n) is 2.29. The number of nitro groups is 1. The molecule has 0 aromatic carbocycles. The first-order chi connectivity index (χ1) is 9.52. The van der Waals surface area contributed by atoms with Crippen molar-refractivity contribution in [3.63, 3.8) is 0 Å². The third-order valence-corrected chi connectivity index (χ3v) is 3.36. The van der Waals surface area contributed by atoms with Gasteiger partial charge in [0.1, 0.15) is 17.6 Å². The van der Waals surface area contributed by atoms with Gasteiger partial charge in [0.25, 0.3) is 5.69 Å². The Labute approximate surface area is 116 Å². The number of hydrogen-bond donors (Lipinski definition) is 2. The van der Waals surface area contributed by atoms with Gasteiger partial charge in [-0.25, -0.2) is 14.6 Å². The highest BCUT2D eigenvalue weighted by molar-refractivity contribution is 7.99. The molecule has 20 heavy (non-hydrogen) atoms. The number of amidine groups is 1. The van der Waals surface area contributed by atoms with Crippen LogP contribution in [0.1, 0.15) is 5.56 Å². The summed E-state index contributed by atoms with van der Waals surface area (Å²) in [6.45, 7) is 0. The van der Waals surface area contributed by atoms with Crippen molar-refractivity contribution in [2.75, 3.05) is 0 Å². The standard InChI is InChI=1S/C9H9N7O3S/c1-15-9(12-4-13-15)20-8-6(7(10)14-17)2-5(3-11-8)16(18)19/h2-4,17H,1H3,(H2,10,14). The molecule has 0 saturated heterocycles. The number of oxime groups is 1. The lowest BCUT2D eigenvalue weighted by molar-refractivity contribution is -0.385. The molecule has 2 heterocycles. The third kappa shape index (κ3) is 2.66. The topological polar surface area (TPSA) is 145 Å². The summed E-state index contributed by atoms with van der Waals surface area (Å²) in [6, 6.07) is 1.18. The van der Waals surface area contributed by atoms with Gasteiger partial charge in [-0.05, 0) is 11.8 Å². The normalized spacial score (nSPS) is 11.6. The van der Waals surface area contributed by atoms with E-state index >= 15 is 0 Å². The highest BCUT2D eigenvalue weighted by Crippen LogP contribution is 2.28. The average Bonchev–Trinajstić information content (AvgIpc) is 2.83. The van der Waals surface area contributed by atoms with Crippen LogP contribution in [0.2, 0.25) is 0 Å². The predicted octanol–water partition coefficient (Wildman–Crippen LogP) is 0.364. The van der Waals surface area contributed by atoms with Crippen molar-refractivity contribution in [1.82, 2.24) is 19.7 Å². The molecule has 0 radical (unpaired) electrons. The molecule has 0 aliphatic carbocycles. The molecule has 0 spiro atoms. The average molecular weight is 295 g/mol. The van der Waals surface area contributed by atoms with Crippen LogP contribution in [0.15, 0.2) is 33.9 Å². The van der Waals surface area contributed by atoms with E-state index in [1.54, 1.807) is 7.05 Å². The molecule has 0 amide bonds. The highest BCUT2D eigenvalue weighted by atomic mass is 32.2. The van der Waals surface area contributed by atoms with Gasteiger partial charge in [-0.1, -0.05) is 5.16 Å². The van der Waals surface area contributed by atoms with Crippen molar-refractivity contribution < 1.29 is 10.1 Å². The van der Waals surface area contributed by atoms with E-state index in [9.17, 15) is 10.1 Å².